The van der Waals surface area contributed by atoms with E-state index in [1.54, 1.807) is 31.2 Å². The number of anilines is 1. The maximum absolute atomic E-state index is 13.3. The van der Waals surface area contributed by atoms with E-state index in [0.717, 1.165) is 5.56 Å². The molecule has 0 aromatic heterocycles. The summed E-state index contributed by atoms with van der Waals surface area (Å²) in [6.45, 7) is 2.12. The predicted octanol–water partition coefficient (Wildman–Crippen LogP) is 3.80. The lowest BCUT2D eigenvalue weighted by Gasteiger charge is -2.10. The van der Waals surface area contributed by atoms with Gasteiger partial charge in [0.25, 0.3) is 0 Å². The molecular formula is C15H15ClFNO2S. The maximum Gasteiger partial charge on any atom is 0.175 e. The number of aryl methyl sites for hydroxylation is 1. The van der Waals surface area contributed by atoms with Gasteiger partial charge in [0.1, 0.15) is 5.82 Å². The van der Waals surface area contributed by atoms with E-state index in [9.17, 15) is 12.8 Å². The summed E-state index contributed by atoms with van der Waals surface area (Å²) in [5.74, 6) is -0.475. The van der Waals surface area contributed by atoms with Crippen molar-refractivity contribution in [2.24, 2.45) is 0 Å². The molecule has 6 heteroatoms. The summed E-state index contributed by atoms with van der Waals surface area (Å²) >= 11 is 5.62. The molecule has 0 fully saturated rings. The first kappa shape index (κ1) is 15.8. The molecule has 0 aliphatic heterocycles. The van der Waals surface area contributed by atoms with E-state index in [4.69, 9.17) is 11.6 Å². The minimum absolute atomic E-state index is 0.0773. The molecule has 0 atom stereocenters. The first-order chi connectivity index (χ1) is 9.77. The third-order valence-electron chi connectivity index (χ3n) is 3.07. The van der Waals surface area contributed by atoms with Crippen LogP contribution in [0.4, 0.5) is 10.1 Å². The van der Waals surface area contributed by atoms with Crippen molar-refractivity contribution in [1.29, 1.82) is 0 Å². The highest BCUT2D eigenvalue weighted by atomic mass is 35.5. The Morgan fingerprint density at radius 1 is 1.19 bits per heavy atom. The van der Waals surface area contributed by atoms with Gasteiger partial charge in [-0.25, -0.2) is 12.8 Å². The van der Waals surface area contributed by atoms with Gasteiger partial charge >= 0.3 is 0 Å². The quantitative estimate of drug-likeness (QED) is 0.929. The Kier molecular flexibility index (Phi) is 4.54. The Labute approximate surface area is 128 Å². The maximum atomic E-state index is 13.3. The van der Waals surface area contributed by atoms with Crippen LogP contribution in [-0.4, -0.2) is 14.7 Å². The van der Waals surface area contributed by atoms with E-state index in [2.05, 4.69) is 5.32 Å². The van der Waals surface area contributed by atoms with E-state index in [1.807, 2.05) is 0 Å². The monoisotopic (exact) mass is 327 g/mol. The van der Waals surface area contributed by atoms with Crippen molar-refractivity contribution in [3.8, 4) is 0 Å². The van der Waals surface area contributed by atoms with E-state index >= 15 is 0 Å². The molecule has 0 bridgehead atoms. The molecule has 2 aromatic carbocycles. The van der Waals surface area contributed by atoms with E-state index in [0.29, 0.717) is 17.8 Å². The minimum atomic E-state index is -3.27. The van der Waals surface area contributed by atoms with Gasteiger partial charge in [-0.15, -0.1) is 0 Å². The average molecular weight is 328 g/mol. The summed E-state index contributed by atoms with van der Waals surface area (Å²) in [4.78, 5) is 0.287. The van der Waals surface area contributed by atoms with Crippen LogP contribution in [0.5, 0.6) is 0 Å². The SMILES string of the molecule is Cc1ccc(NCc2ccc(Cl)c(F)c2)cc1S(C)(=O)=O. The summed E-state index contributed by atoms with van der Waals surface area (Å²) in [6, 6.07) is 9.66. The van der Waals surface area contributed by atoms with Gasteiger partial charge in [-0.3, -0.25) is 0 Å². The van der Waals surface area contributed by atoms with Crippen molar-refractivity contribution in [3.63, 3.8) is 0 Å². The van der Waals surface area contributed by atoms with Gasteiger partial charge in [-0.2, -0.15) is 0 Å². The molecule has 2 rings (SSSR count). The average Bonchev–Trinajstić information content (AvgIpc) is 2.40. The lowest BCUT2D eigenvalue weighted by atomic mass is 10.2. The van der Waals surface area contributed by atoms with Crippen LogP contribution < -0.4 is 5.32 Å². The zero-order valence-corrected chi connectivity index (χ0v) is 13.2. The summed E-state index contributed by atoms with van der Waals surface area (Å²) in [6.07, 6.45) is 1.17. The summed E-state index contributed by atoms with van der Waals surface area (Å²) in [5.41, 5.74) is 2.08. The van der Waals surface area contributed by atoms with Crippen LogP contribution in [-0.2, 0) is 16.4 Å². The van der Waals surface area contributed by atoms with Crippen LogP contribution in [0.2, 0.25) is 5.02 Å². The molecule has 3 nitrogen and oxygen atoms in total. The zero-order valence-electron chi connectivity index (χ0n) is 11.7. The molecular weight excluding hydrogens is 313 g/mol. The van der Waals surface area contributed by atoms with Crippen LogP contribution in [0.1, 0.15) is 11.1 Å². The van der Waals surface area contributed by atoms with E-state index < -0.39 is 15.7 Å². The van der Waals surface area contributed by atoms with Crippen LogP contribution in [0.25, 0.3) is 0 Å². The molecule has 0 amide bonds. The second-order valence-electron chi connectivity index (χ2n) is 4.85. The lowest BCUT2D eigenvalue weighted by molar-refractivity contribution is 0.601. The highest BCUT2D eigenvalue weighted by Gasteiger charge is 2.11. The standard InChI is InChI=1S/C15H15ClFNO2S/c1-10-3-5-12(8-15(10)21(2,19)20)18-9-11-4-6-13(16)14(17)7-11/h3-8,18H,9H2,1-2H3. The number of hydrogen-bond acceptors (Lipinski definition) is 3. The molecule has 2 aromatic rings. The van der Waals surface area contributed by atoms with Crippen molar-refractivity contribution in [3.05, 3.63) is 58.4 Å². The second-order valence-corrected chi connectivity index (χ2v) is 7.25. The zero-order chi connectivity index (χ0) is 15.6. The summed E-state index contributed by atoms with van der Waals surface area (Å²) in [5, 5.41) is 3.15. The van der Waals surface area contributed by atoms with Crippen LogP contribution in [0.3, 0.4) is 0 Å². The predicted molar refractivity (Wildman–Crippen MR) is 83.0 cm³/mol. The Bertz CT molecular complexity index is 775. The highest BCUT2D eigenvalue weighted by Crippen LogP contribution is 2.21. The fourth-order valence-electron chi connectivity index (χ4n) is 1.96. The molecule has 0 unspecified atom stereocenters. The number of nitrogens with one attached hydrogen (secondary N) is 1. The first-order valence-corrected chi connectivity index (χ1v) is 8.53. The van der Waals surface area contributed by atoms with Gasteiger partial charge in [-0.1, -0.05) is 23.7 Å². The first-order valence-electron chi connectivity index (χ1n) is 6.26. The molecule has 0 heterocycles. The van der Waals surface area contributed by atoms with E-state index in [1.165, 1.54) is 18.4 Å². The van der Waals surface area contributed by atoms with Crippen molar-refractivity contribution in [2.45, 2.75) is 18.4 Å². The molecule has 21 heavy (non-hydrogen) atoms. The summed E-state index contributed by atoms with van der Waals surface area (Å²) in [7, 11) is -3.27. The number of sulfone groups is 1. The normalized spacial score (nSPS) is 11.4. The molecule has 1 N–H and O–H groups in total. The van der Waals surface area contributed by atoms with Crippen LogP contribution >= 0.6 is 11.6 Å². The van der Waals surface area contributed by atoms with Crippen LogP contribution in [0, 0.1) is 12.7 Å². The number of rotatable bonds is 4. The molecule has 0 aliphatic carbocycles. The number of halogens is 2. The van der Waals surface area contributed by atoms with Gasteiger partial charge in [0, 0.05) is 18.5 Å². The second kappa shape index (κ2) is 6.03. The van der Waals surface area contributed by atoms with Crippen molar-refractivity contribution < 1.29 is 12.8 Å². The molecule has 0 aliphatic rings. The van der Waals surface area contributed by atoms with Crippen molar-refractivity contribution in [2.75, 3.05) is 11.6 Å². The number of benzene rings is 2. The van der Waals surface area contributed by atoms with E-state index in [-0.39, 0.29) is 9.92 Å². The van der Waals surface area contributed by atoms with Gasteiger partial charge in [0.15, 0.2) is 9.84 Å². The Morgan fingerprint density at radius 2 is 1.90 bits per heavy atom. The highest BCUT2D eigenvalue weighted by molar-refractivity contribution is 7.90. The topological polar surface area (TPSA) is 46.2 Å². The third-order valence-corrected chi connectivity index (χ3v) is 4.61. The molecule has 0 spiro atoms. The Balaban J connectivity index is 2.19. The Hall–Kier alpha value is -1.59. The largest absolute Gasteiger partial charge is 0.381 e. The molecule has 0 saturated heterocycles. The smallest absolute Gasteiger partial charge is 0.175 e. The lowest BCUT2D eigenvalue weighted by Crippen LogP contribution is -2.04. The van der Waals surface area contributed by atoms with Gasteiger partial charge in [-0.05, 0) is 42.3 Å². The minimum Gasteiger partial charge on any atom is -0.381 e. The van der Waals surface area contributed by atoms with Crippen molar-refractivity contribution in [1.82, 2.24) is 0 Å². The fraction of sp³-hybridized carbons (Fsp3) is 0.200. The van der Waals surface area contributed by atoms with Gasteiger partial charge in [0.05, 0.1) is 9.92 Å². The fourth-order valence-corrected chi connectivity index (χ4v) is 3.07. The summed E-state index contributed by atoms with van der Waals surface area (Å²) < 4.78 is 36.7. The van der Waals surface area contributed by atoms with Gasteiger partial charge in [0.2, 0.25) is 0 Å². The number of hydrogen-bond donors (Lipinski definition) is 1. The molecule has 112 valence electrons. The van der Waals surface area contributed by atoms with Crippen LogP contribution in [0.15, 0.2) is 41.3 Å². The third kappa shape index (κ3) is 3.95. The molecule has 0 saturated carbocycles. The van der Waals surface area contributed by atoms with Gasteiger partial charge < -0.3 is 5.32 Å². The van der Waals surface area contributed by atoms with Crippen molar-refractivity contribution >= 4 is 27.1 Å². The Morgan fingerprint density at radius 3 is 2.52 bits per heavy atom. The molecule has 0 radical (unpaired) electrons.